The van der Waals surface area contributed by atoms with Crippen molar-refractivity contribution in [2.24, 2.45) is 5.92 Å². The second-order valence-electron chi connectivity index (χ2n) is 5.00. The Morgan fingerprint density at radius 2 is 2.18 bits per heavy atom. The highest BCUT2D eigenvalue weighted by Crippen LogP contribution is 2.33. The predicted octanol–water partition coefficient (Wildman–Crippen LogP) is 0.951. The minimum atomic E-state index is -0.246. The lowest BCUT2D eigenvalue weighted by Gasteiger charge is -2.22. The Labute approximate surface area is 102 Å². The number of allylic oxidation sites excluding steroid dienone is 1. The molecular weight excluding hydrogens is 218 g/mol. The number of ether oxygens (including phenoxy) is 1. The van der Waals surface area contributed by atoms with Gasteiger partial charge < -0.3 is 9.84 Å². The molecule has 0 bridgehead atoms. The van der Waals surface area contributed by atoms with Crippen molar-refractivity contribution in [2.45, 2.75) is 38.8 Å². The Morgan fingerprint density at radius 1 is 1.47 bits per heavy atom. The van der Waals surface area contributed by atoms with Crippen LogP contribution in [0.25, 0.3) is 0 Å². The number of nitrogens with zero attached hydrogens (tertiary/aromatic N) is 1. The SMILES string of the molecule is C/C=C(/C)C(=O)OC[C@H]1CCN2CC[C@@H](O)[C@H]12. The predicted molar refractivity (Wildman–Crippen MR) is 64.5 cm³/mol. The van der Waals surface area contributed by atoms with Gasteiger partial charge in [-0.1, -0.05) is 6.08 Å². The number of rotatable bonds is 3. The first-order valence-electron chi connectivity index (χ1n) is 6.35. The van der Waals surface area contributed by atoms with E-state index < -0.39 is 0 Å². The highest BCUT2D eigenvalue weighted by atomic mass is 16.5. The Hall–Kier alpha value is -0.870. The van der Waals surface area contributed by atoms with Crippen LogP contribution in [0.5, 0.6) is 0 Å². The van der Waals surface area contributed by atoms with E-state index in [1.165, 1.54) is 0 Å². The maximum absolute atomic E-state index is 11.5. The number of esters is 1. The molecule has 17 heavy (non-hydrogen) atoms. The van der Waals surface area contributed by atoms with Crippen molar-refractivity contribution in [3.8, 4) is 0 Å². The molecule has 2 saturated heterocycles. The fraction of sp³-hybridized carbons (Fsp3) is 0.769. The molecule has 4 nitrogen and oxygen atoms in total. The van der Waals surface area contributed by atoms with Crippen LogP contribution in [-0.4, -0.2) is 47.8 Å². The molecule has 0 spiro atoms. The van der Waals surface area contributed by atoms with Crippen LogP contribution in [-0.2, 0) is 9.53 Å². The van der Waals surface area contributed by atoms with Gasteiger partial charge in [0.1, 0.15) is 0 Å². The van der Waals surface area contributed by atoms with E-state index in [1.807, 2.05) is 6.92 Å². The standard InChI is InChI=1S/C13H21NO3/c1-3-9(2)13(16)17-8-10-4-6-14-7-5-11(15)12(10)14/h3,10-12,15H,4-8H2,1-2H3/b9-3-/t10-,11-,12+/m1/s1. The normalized spacial score (nSPS) is 33.8. The summed E-state index contributed by atoms with van der Waals surface area (Å²) in [6, 6.07) is 0.203. The van der Waals surface area contributed by atoms with Crippen molar-refractivity contribution in [3.63, 3.8) is 0 Å². The fourth-order valence-electron chi connectivity index (χ4n) is 2.83. The maximum atomic E-state index is 11.5. The second kappa shape index (κ2) is 5.19. The van der Waals surface area contributed by atoms with E-state index in [0.29, 0.717) is 18.1 Å². The van der Waals surface area contributed by atoms with Crippen molar-refractivity contribution < 1.29 is 14.6 Å². The fourth-order valence-corrected chi connectivity index (χ4v) is 2.83. The van der Waals surface area contributed by atoms with E-state index in [-0.39, 0.29) is 18.1 Å². The van der Waals surface area contributed by atoms with Crippen LogP contribution in [0, 0.1) is 5.92 Å². The monoisotopic (exact) mass is 239 g/mol. The summed E-state index contributed by atoms with van der Waals surface area (Å²) < 4.78 is 5.29. The second-order valence-corrected chi connectivity index (χ2v) is 5.00. The average molecular weight is 239 g/mol. The molecule has 0 radical (unpaired) electrons. The Balaban J connectivity index is 1.86. The van der Waals surface area contributed by atoms with Gasteiger partial charge in [-0.3, -0.25) is 4.90 Å². The first-order valence-corrected chi connectivity index (χ1v) is 6.35. The Morgan fingerprint density at radius 3 is 2.88 bits per heavy atom. The topological polar surface area (TPSA) is 49.8 Å². The zero-order chi connectivity index (χ0) is 12.4. The number of carbonyl (C=O) groups is 1. The number of aliphatic hydroxyl groups is 1. The quantitative estimate of drug-likeness (QED) is 0.588. The van der Waals surface area contributed by atoms with Crippen molar-refractivity contribution in [1.82, 2.24) is 4.90 Å². The van der Waals surface area contributed by atoms with Gasteiger partial charge in [0.25, 0.3) is 0 Å². The van der Waals surface area contributed by atoms with Gasteiger partial charge in [0.2, 0.25) is 0 Å². The number of aliphatic hydroxyl groups excluding tert-OH is 1. The van der Waals surface area contributed by atoms with Crippen LogP contribution in [0.4, 0.5) is 0 Å². The molecule has 0 amide bonds. The maximum Gasteiger partial charge on any atom is 0.333 e. The summed E-state index contributed by atoms with van der Waals surface area (Å²) in [4.78, 5) is 13.8. The van der Waals surface area contributed by atoms with E-state index in [0.717, 1.165) is 25.9 Å². The molecular formula is C13H21NO3. The third-order valence-electron chi connectivity index (χ3n) is 3.98. The molecule has 4 heteroatoms. The summed E-state index contributed by atoms with van der Waals surface area (Å²) in [5.74, 6) is 0.0551. The van der Waals surface area contributed by atoms with Gasteiger partial charge >= 0.3 is 5.97 Å². The summed E-state index contributed by atoms with van der Waals surface area (Å²) in [6.07, 6.45) is 3.38. The average Bonchev–Trinajstić information content (AvgIpc) is 2.89. The van der Waals surface area contributed by atoms with Gasteiger partial charge in [-0.05, 0) is 33.2 Å². The molecule has 0 aromatic rings. The first-order chi connectivity index (χ1) is 8.13. The van der Waals surface area contributed by atoms with Gasteiger partial charge in [-0.25, -0.2) is 4.79 Å². The molecule has 0 aliphatic carbocycles. The van der Waals surface area contributed by atoms with Crippen LogP contribution in [0.3, 0.4) is 0 Å². The number of carbonyl (C=O) groups excluding carboxylic acids is 1. The highest BCUT2D eigenvalue weighted by Gasteiger charge is 2.43. The lowest BCUT2D eigenvalue weighted by atomic mass is 9.97. The van der Waals surface area contributed by atoms with E-state index in [9.17, 15) is 9.90 Å². The lowest BCUT2D eigenvalue weighted by Crippen LogP contribution is -2.36. The summed E-state index contributed by atoms with van der Waals surface area (Å²) >= 11 is 0. The number of hydrogen-bond acceptors (Lipinski definition) is 4. The zero-order valence-corrected chi connectivity index (χ0v) is 10.6. The third-order valence-corrected chi connectivity index (χ3v) is 3.98. The number of fused-ring (bicyclic) bond motifs is 1. The van der Waals surface area contributed by atoms with E-state index in [1.54, 1.807) is 13.0 Å². The molecule has 2 heterocycles. The van der Waals surface area contributed by atoms with Gasteiger partial charge in [-0.15, -0.1) is 0 Å². The van der Waals surface area contributed by atoms with Gasteiger partial charge in [0, 0.05) is 24.1 Å². The van der Waals surface area contributed by atoms with Crippen molar-refractivity contribution in [3.05, 3.63) is 11.6 Å². The number of hydrogen-bond donors (Lipinski definition) is 1. The Kier molecular flexibility index (Phi) is 3.84. The van der Waals surface area contributed by atoms with E-state index in [2.05, 4.69) is 4.90 Å². The Bertz CT molecular complexity index is 327. The van der Waals surface area contributed by atoms with Crippen molar-refractivity contribution in [1.29, 1.82) is 0 Å². The summed E-state index contributed by atoms with van der Waals surface area (Å²) in [6.45, 7) is 6.02. The molecule has 1 N–H and O–H groups in total. The molecule has 0 aromatic heterocycles. The van der Waals surface area contributed by atoms with Gasteiger partial charge in [-0.2, -0.15) is 0 Å². The van der Waals surface area contributed by atoms with Crippen LogP contribution >= 0.6 is 0 Å². The molecule has 2 rings (SSSR count). The van der Waals surface area contributed by atoms with Crippen LogP contribution < -0.4 is 0 Å². The largest absolute Gasteiger partial charge is 0.462 e. The third kappa shape index (κ3) is 2.53. The van der Waals surface area contributed by atoms with Crippen molar-refractivity contribution in [2.75, 3.05) is 19.7 Å². The smallest absolute Gasteiger partial charge is 0.333 e. The van der Waals surface area contributed by atoms with E-state index >= 15 is 0 Å². The molecule has 2 aliphatic heterocycles. The van der Waals surface area contributed by atoms with Crippen LogP contribution in [0.1, 0.15) is 26.7 Å². The van der Waals surface area contributed by atoms with Crippen molar-refractivity contribution >= 4 is 5.97 Å². The molecule has 0 saturated carbocycles. The summed E-state index contributed by atoms with van der Waals surface area (Å²) in [7, 11) is 0. The molecule has 2 aliphatic rings. The summed E-state index contributed by atoms with van der Waals surface area (Å²) in [5.41, 5.74) is 0.645. The summed E-state index contributed by atoms with van der Waals surface area (Å²) in [5, 5.41) is 9.90. The van der Waals surface area contributed by atoms with Crippen LogP contribution in [0.2, 0.25) is 0 Å². The molecule has 3 atom stereocenters. The molecule has 0 aromatic carbocycles. The van der Waals surface area contributed by atoms with E-state index in [4.69, 9.17) is 4.74 Å². The molecule has 2 fully saturated rings. The van der Waals surface area contributed by atoms with Crippen LogP contribution in [0.15, 0.2) is 11.6 Å². The van der Waals surface area contributed by atoms with Gasteiger partial charge in [0.15, 0.2) is 0 Å². The zero-order valence-electron chi connectivity index (χ0n) is 10.6. The first kappa shape index (κ1) is 12.6. The van der Waals surface area contributed by atoms with Gasteiger partial charge in [0.05, 0.1) is 12.7 Å². The molecule has 0 unspecified atom stereocenters. The minimum Gasteiger partial charge on any atom is -0.462 e. The molecule has 96 valence electrons. The minimum absolute atomic E-state index is 0.203. The highest BCUT2D eigenvalue weighted by molar-refractivity contribution is 5.87. The lowest BCUT2D eigenvalue weighted by molar-refractivity contribution is -0.140.